The van der Waals surface area contributed by atoms with Crippen LogP contribution in [0.15, 0.2) is 54.7 Å². The van der Waals surface area contributed by atoms with Gasteiger partial charge >= 0.3 is 11.9 Å². The molecule has 5 rings (SSSR count). The van der Waals surface area contributed by atoms with E-state index in [0.717, 1.165) is 16.5 Å². The summed E-state index contributed by atoms with van der Waals surface area (Å²) in [5.41, 5.74) is 1.92. The van der Waals surface area contributed by atoms with Gasteiger partial charge in [0.15, 0.2) is 12.4 Å². The summed E-state index contributed by atoms with van der Waals surface area (Å²) in [6.07, 6.45) is -0.698. The SMILES string of the molecule is COc1cccc2c1c(CC#N)cn2[C@@]1(C)O[C@@H]2O[C@H](COC(=O)c3ccccc3)C[C@H](OC(C)=O)[C@@H]2O1. The molecule has 10 heteroatoms. The van der Waals surface area contributed by atoms with Crippen LogP contribution in [0.2, 0.25) is 0 Å². The van der Waals surface area contributed by atoms with Gasteiger partial charge in [-0.25, -0.2) is 4.79 Å². The zero-order valence-electron chi connectivity index (χ0n) is 21.3. The Hall–Kier alpha value is -3.91. The van der Waals surface area contributed by atoms with Crippen molar-refractivity contribution in [1.29, 1.82) is 5.26 Å². The summed E-state index contributed by atoms with van der Waals surface area (Å²) in [6, 6.07) is 16.4. The predicted octanol–water partition coefficient (Wildman–Crippen LogP) is 3.67. The van der Waals surface area contributed by atoms with Crippen molar-refractivity contribution in [3.05, 3.63) is 65.9 Å². The van der Waals surface area contributed by atoms with Gasteiger partial charge in [0.1, 0.15) is 18.5 Å². The fourth-order valence-electron chi connectivity index (χ4n) is 5.05. The topological polar surface area (TPSA) is 118 Å². The largest absolute Gasteiger partial charge is 0.496 e. The number of fused-ring (bicyclic) bond motifs is 2. The summed E-state index contributed by atoms with van der Waals surface area (Å²) >= 11 is 0. The molecule has 2 saturated heterocycles. The number of hydrogen-bond acceptors (Lipinski definition) is 9. The third kappa shape index (κ3) is 4.84. The molecule has 10 nitrogen and oxygen atoms in total. The molecule has 0 unspecified atom stereocenters. The van der Waals surface area contributed by atoms with Gasteiger partial charge in [0.25, 0.3) is 5.91 Å². The molecule has 198 valence electrons. The highest BCUT2D eigenvalue weighted by Gasteiger charge is 2.55. The van der Waals surface area contributed by atoms with E-state index in [0.29, 0.717) is 11.3 Å². The van der Waals surface area contributed by atoms with E-state index in [-0.39, 0.29) is 19.4 Å². The summed E-state index contributed by atoms with van der Waals surface area (Å²) in [7, 11) is 1.57. The second-order valence-corrected chi connectivity index (χ2v) is 9.29. The molecule has 0 N–H and O–H groups in total. The Morgan fingerprint density at radius 1 is 1.16 bits per heavy atom. The van der Waals surface area contributed by atoms with Gasteiger partial charge in [-0.1, -0.05) is 24.3 Å². The smallest absolute Gasteiger partial charge is 0.338 e. The van der Waals surface area contributed by atoms with Crippen LogP contribution < -0.4 is 4.74 Å². The molecule has 0 saturated carbocycles. The average molecular weight is 521 g/mol. The molecule has 0 radical (unpaired) electrons. The molecule has 2 fully saturated rings. The van der Waals surface area contributed by atoms with Crippen molar-refractivity contribution in [2.75, 3.05) is 13.7 Å². The number of esters is 2. The van der Waals surface area contributed by atoms with E-state index < -0.39 is 42.5 Å². The molecular formula is C28H28N2O8. The Balaban J connectivity index is 1.41. The van der Waals surface area contributed by atoms with Gasteiger partial charge in [-0.2, -0.15) is 5.26 Å². The van der Waals surface area contributed by atoms with Crippen LogP contribution in [0.25, 0.3) is 10.9 Å². The van der Waals surface area contributed by atoms with Crippen molar-refractivity contribution in [2.45, 2.75) is 57.2 Å². The number of ether oxygens (including phenoxy) is 6. The summed E-state index contributed by atoms with van der Waals surface area (Å²) in [6.45, 7) is 3.01. The maximum Gasteiger partial charge on any atom is 0.338 e. The first kappa shape index (κ1) is 25.7. The number of rotatable bonds is 7. The quantitative estimate of drug-likeness (QED) is 0.430. The van der Waals surface area contributed by atoms with Crippen molar-refractivity contribution in [3.8, 4) is 11.8 Å². The third-order valence-electron chi connectivity index (χ3n) is 6.67. The van der Waals surface area contributed by atoms with Crippen molar-refractivity contribution < 1.29 is 38.0 Å². The van der Waals surface area contributed by atoms with Crippen LogP contribution in [0.3, 0.4) is 0 Å². The van der Waals surface area contributed by atoms with Crippen molar-refractivity contribution >= 4 is 22.8 Å². The normalized spacial score (nSPS) is 26.4. The number of nitrogens with zero attached hydrogens (tertiary/aromatic N) is 2. The minimum atomic E-state index is -1.35. The lowest BCUT2D eigenvalue weighted by Gasteiger charge is -2.35. The lowest BCUT2D eigenvalue weighted by molar-refractivity contribution is -0.258. The van der Waals surface area contributed by atoms with E-state index in [4.69, 9.17) is 28.4 Å². The van der Waals surface area contributed by atoms with E-state index in [9.17, 15) is 14.9 Å². The van der Waals surface area contributed by atoms with Gasteiger partial charge in [0, 0.05) is 31.9 Å². The minimum absolute atomic E-state index is 0.0508. The molecule has 0 bridgehead atoms. The van der Waals surface area contributed by atoms with Gasteiger partial charge in [-0.05, 0) is 29.8 Å². The number of benzene rings is 2. The fraction of sp³-hybridized carbons (Fsp3) is 0.393. The summed E-state index contributed by atoms with van der Waals surface area (Å²) in [5, 5.41) is 10.2. The van der Waals surface area contributed by atoms with Crippen LogP contribution >= 0.6 is 0 Å². The lowest BCUT2D eigenvalue weighted by Crippen LogP contribution is -2.49. The Morgan fingerprint density at radius 2 is 1.95 bits per heavy atom. The molecular weight excluding hydrogens is 492 g/mol. The highest BCUT2D eigenvalue weighted by atomic mass is 16.8. The Morgan fingerprint density at radius 3 is 2.66 bits per heavy atom. The number of carbonyl (C=O) groups is 2. The molecule has 38 heavy (non-hydrogen) atoms. The summed E-state index contributed by atoms with van der Waals surface area (Å²) in [4.78, 5) is 24.4. The standard InChI is InChI=1S/C28H28N2O8/c1-17(31)35-23-14-20(16-34-26(32)18-8-5-4-6-9-18)36-27-25(23)37-28(2,38-27)30-15-19(12-13-29)24-21(30)10-7-11-22(24)33-3/h4-11,15,20,23,25,27H,12,14,16H2,1-3H3/t20-,23-,25-,27-,28+/m0/s1. The molecule has 3 aromatic rings. The van der Waals surface area contributed by atoms with Gasteiger partial charge in [0.05, 0.1) is 36.8 Å². The van der Waals surface area contributed by atoms with Gasteiger partial charge in [0.2, 0.25) is 0 Å². The minimum Gasteiger partial charge on any atom is -0.496 e. The predicted molar refractivity (Wildman–Crippen MR) is 133 cm³/mol. The van der Waals surface area contributed by atoms with Crippen molar-refractivity contribution in [2.24, 2.45) is 0 Å². The van der Waals surface area contributed by atoms with Gasteiger partial charge in [-0.3, -0.25) is 14.1 Å². The molecule has 3 heterocycles. The number of nitriles is 1. The fourth-order valence-corrected chi connectivity index (χ4v) is 5.05. The van der Waals surface area contributed by atoms with Crippen molar-refractivity contribution in [1.82, 2.24) is 4.57 Å². The maximum atomic E-state index is 12.4. The lowest BCUT2D eigenvalue weighted by atomic mass is 10.0. The Bertz CT molecular complexity index is 1380. The van der Waals surface area contributed by atoms with Crippen LogP contribution in [0.4, 0.5) is 0 Å². The first-order valence-corrected chi connectivity index (χ1v) is 12.3. The van der Waals surface area contributed by atoms with E-state index in [1.165, 1.54) is 6.92 Å². The summed E-state index contributed by atoms with van der Waals surface area (Å²) < 4.78 is 37.2. The van der Waals surface area contributed by atoms with Crippen LogP contribution in [0, 0.1) is 11.3 Å². The van der Waals surface area contributed by atoms with E-state index in [1.807, 2.05) is 24.3 Å². The van der Waals surface area contributed by atoms with E-state index in [1.54, 1.807) is 49.1 Å². The monoisotopic (exact) mass is 520 g/mol. The molecule has 1 aromatic heterocycles. The van der Waals surface area contributed by atoms with E-state index >= 15 is 0 Å². The number of hydrogen-bond donors (Lipinski definition) is 0. The molecule has 2 aromatic carbocycles. The zero-order chi connectivity index (χ0) is 26.9. The first-order valence-electron chi connectivity index (χ1n) is 12.3. The molecule has 2 aliphatic heterocycles. The zero-order valence-corrected chi connectivity index (χ0v) is 21.3. The van der Waals surface area contributed by atoms with E-state index in [2.05, 4.69) is 6.07 Å². The molecule has 5 atom stereocenters. The van der Waals surface area contributed by atoms with Crippen molar-refractivity contribution in [3.63, 3.8) is 0 Å². The molecule has 0 aliphatic carbocycles. The average Bonchev–Trinajstić information content (AvgIpc) is 3.46. The van der Waals surface area contributed by atoms with Gasteiger partial charge in [-0.15, -0.1) is 0 Å². The van der Waals surface area contributed by atoms with Gasteiger partial charge < -0.3 is 23.7 Å². The number of carbonyl (C=O) groups excluding carboxylic acids is 2. The number of aromatic nitrogens is 1. The Labute approximate surface area is 219 Å². The molecule has 2 aliphatic rings. The number of methoxy groups -OCH3 is 1. The Kier molecular flexibility index (Phi) is 7.08. The third-order valence-corrected chi connectivity index (χ3v) is 6.67. The highest BCUT2D eigenvalue weighted by molar-refractivity contribution is 5.90. The first-order chi connectivity index (χ1) is 18.3. The van der Waals surface area contributed by atoms with Crippen LogP contribution in [0.1, 0.15) is 36.2 Å². The molecule has 0 spiro atoms. The molecule has 0 amide bonds. The highest BCUT2D eigenvalue weighted by Crippen LogP contribution is 2.43. The van der Waals surface area contributed by atoms with Crippen LogP contribution in [-0.2, 0) is 40.8 Å². The maximum absolute atomic E-state index is 12.4. The van der Waals surface area contributed by atoms with Crippen LogP contribution in [0.5, 0.6) is 5.75 Å². The second-order valence-electron chi connectivity index (χ2n) is 9.29. The van der Waals surface area contributed by atoms with Crippen LogP contribution in [-0.4, -0.2) is 54.8 Å². The second kappa shape index (κ2) is 10.5. The summed E-state index contributed by atoms with van der Waals surface area (Å²) in [5.74, 6) is -1.67.